The van der Waals surface area contributed by atoms with Gasteiger partial charge in [0.15, 0.2) is 0 Å². The summed E-state index contributed by atoms with van der Waals surface area (Å²) in [4.78, 5) is 5.65. The van der Waals surface area contributed by atoms with Crippen molar-refractivity contribution in [1.82, 2.24) is 23.3 Å². The highest BCUT2D eigenvalue weighted by atomic mass is 15.2. The van der Waals surface area contributed by atoms with Crippen LogP contribution in [0.15, 0.2) is 176 Å². The predicted molar refractivity (Wildman–Crippen MR) is 207 cm³/mol. The number of benzene rings is 6. The smallest absolute Gasteiger partial charge is 0.147 e. The molecule has 5 nitrogen and oxygen atoms in total. The third kappa shape index (κ3) is 3.74. The Morgan fingerprint density at radius 2 is 0.780 bits per heavy atom. The van der Waals surface area contributed by atoms with Crippen LogP contribution >= 0.6 is 0 Å². The highest BCUT2D eigenvalue weighted by Gasteiger charge is 2.24. The molecule has 0 aliphatic rings. The van der Waals surface area contributed by atoms with E-state index in [1.54, 1.807) is 0 Å². The van der Waals surface area contributed by atoms with E-state index in [1.807, 2.05) is 0 Å². The van der Waals surface area contributed by atoms with Gasteiger partial charge in [0.25, 0.3) is 0 Å². The molecule has 0 radical (unpaired) electrons. The first-order valence-electron chi connectivity index (χ1n) is 17.0. The van der Waals surface area contributed by atoms with Gasteiger partial charge in [-0.2, -0.15) is 0 Å². The van der Waals surface area contributed by atoms with Crippen LogP contribution in [0.5, 0.6) is 0 Å². The average molecular weight is 640 g/mol. The monoisotopic (exact) mass is 639 g/mol. The molecule has 5 heteroatoms. The van der Waals surface area contributed by atoms with Crippen LogP contribution < -0.4 is 0 Å². The number of hydrogen-bond acceptors (Lipinski definition) is 1. The highest BCUT2D eigenvalue weighted by molar-refractivity contribution is 6.16. The first-order valence-corrected chi connectivity index (χ1v) is 17.0. The zero-order valence-electron chi connectivity index (χ0n) is 27.0. The summed E-state index contributed by atoms with van der Waals surface area (Å²) in [6.07, 6.45) is 0. The van der Waals surface area contributed by atoms with E-state index in [0.717, 1.165) is 67.0 Å². The molecule has 0 N–H and O–H groups in total. The molecule has 11 aromatic rings. The van der Waals surface area contributed by atoms with Crippen LogP contribution in [0.2, 0.25) is 0 Å². The molecule has 5 aromatic heterocycles. The van der Waals surface area contributed by atoms with Crippen molar-refractivity contribution in [2.24, 2.45) is 0 Å². The fourth-order valence-corrected chi connectivity index (χ4v) is 8.02. The Balaban J connectivity index is 1.29. The van der Waals surface area contributed by atoms with Crippen molar-refractivity contribution in [1.29, 1.82) is 0 Å². The fourth-order valence-electron chi connectivity index (χ4n) is 8.02. The first kappa shape index (κ1) is 27.1. The Kier molecular flexibility index (Phi) is 5.60. The van der Waals surface area contributed by atoms with Crippen molar-refractivity contribution in [3.05, 3.63) is 176 Å². The number of fused-ring (bicyclic) bond motifs is 8. The molecule has 0 saturated heterocycles. The van der Waals surface area contributed by atoms with Gasteiger partial charge in [-0.05, 0) is 66.7 Å². The minimum Gasteiger partial charge on any atom is -0.296 e. The molecule has 50 heavy (non-hydrogen) atoms. The largest absolute Gasteiger partial charge is 0.296 e. The second-order valence-electron chi connectivity index (χ2n) is 12.9. The fraction of sp³-hybridized carbons (Fsp3) is 0. The van der Waals surface area contributed by atoms with Gasteiger partial charge in [0.05, 0.1) is 33.1 Å². The van der Waals surface area contributed by atoms with Crippen LogP contribution in [-0.2, 0) is 0 Å². The van der Waals surface area contributed by atoms with Crippen LogP contribution in [0.3, 0.4) is 0 Å². The standard InChI is InChI=1S/C45H29N5/c1-3-17-32(18-4-1)47-37-23-11-7-15-30(37)27-42(47)49-40-26-14-10-22-35(40)44-41(49)29-36-34-21-9-13-25-39(34)50(45(36)46-44)43-28-31-16-8-12-24-38(31)48(43)33-19-5-2-6-20-33/h1-29H. The molecule has 234 valence electrons. The summed E-state index contributed by atoms with van der Waals surface area (Å²) in [6.45, 7) is 0. The number of para-hydroxylation sites is 6. The lowest BCUT2D eigenvalue weighted by atomic mass is 10.2. The normalized spacial score (nSPS) is 12.0. The Morgan fingerprint density at radius 3 is 1.38 bits per heavy atom. The van der Waals surface area contributed by atoms with Crippen molar-refractivity contribution in [2.75, 3.05) is 0 Å². The second-order valence-corrected chi connectivity index (χ2v) is 12.9. The van der Waals surface area contributed by atoms with E-state index >= 15 is 0 Å². The van der Waals surface area contributed by atoms with E-state index in [2.05, 4.69) is 194 Å². The third-order valence-corrected chi connectivity index (χ3v) is 10.1. The van der Waals surface area contributed by atoms with Crippen molar-refractivity contribution < 1.29 is 0 Å². The highest BCUT2D eigenvalue weighted by Crippen LogP contribution is 2.40. The molecular formula is C45H29N5. The van der Waals surface area contributed by atoms with Gasteiger partial charge in [-0.25, -0.2) is 4.98 Å². The molecule has 6 aromatic carbocycles. The SMILES string of the molecule is c1ccc(-n2c(-n3c4ccccc4c4nc5c(cc43)c3ccccc3n5-c3cc4ccccc4n3-c3ccccc3)cc3ccccc32)cc1. The van der Waals surface area contributed by atoms with Crippen molar-refractivity contribution in [3.8, 4) is 23.0 Å². The van der Waals surface area contributed by atoms with Gasteiger partial charge in [0.2, 0.25) is 0 Å². The predicted octanol–water partition coefficient (Wildman–Crippen LogP) is 11.2. The summed E-state index contributed by atoms with van der Waals surface area (Å²) in [5.74, 6) is 2.14. The van der Waals surface area contributed by atoms with E-state index in [4.69, 9.17) is 4.98 Å². The molecule has 0 atom stereocenters. The summed E-state index contributed by atoms with van der Waals surface area (Å²) >= 11 is 0. The summed E-state index contributed by atoms with van der Waals surface area (Å²) in [7, 11) is 0. The summed E-state index contributed by atoms with van der Waals surface area (Å²) in [6, 6.07) is 62.8. The lowest BCUT2D eigenvalue weighted by Crippen LogP contribution is -2.05. The first-order chi connectivity index (χ1) is 24.8. The number of pyridine rings is 1. The van der Waals surface area contributed by atoms with E-state index in [1.165, 1.54) is 21.7 Å². The van der Waals surface area contributed by atoms with Gasteiger partial charge >= 0.3 is 0 Å². The molecule has 0 aliphatic heterocycles. The van der Waals surface area contributed by atoms with E-state index in [9.17, 15) is 0 Å². The quantitative estimate of drug-likeness (QED) is 0.189. The molecule has 0 amide bonds. The minimum absolute atomic E-state index is 0.935. The van der Waals surface area contributed by atoms with E-state index in [-0.39, 0.29) is 0 Å². The van der Waals surface area contributed by atoms with Gasteiger partial charge < -0.3 is 0 Å². The van der Waals surface area contributed by atoms with Crippen LogP contribution in [0.25, 0.3) is 88.7 Å². The van der Waals surface area contributed by atoms with Gasteiger partial charge in [-0.15, -0.1) is 0 Å². The molecule has 0 spiro atoms. The Labute approximate surface area is 287 Å². The summed E-state index contributed by atoms with van der Waals surface area (Å²) in [5.41, 5.74) is 9.79. The number of aromatic nitrogens is 5. The molecule has 11 rings (SSSR count). The van der Waals surface area contributed by atoms with E-state index < -0.39 is 0 Å². The molecule has 5 heterocycles. The Morgan fingerprint density at radius 1 is 0.320 bits per heavy atom. The van der Waals surface area contributed by atoms with Gasteiger partial charge in [-0.1, -0.05) is 109 Å². The van der Waals surface area contributed by atoms with Crippen LogP contribution in [0.4, 0.5) is 0 Å². The maximum absolute atomic E-state index is 5.65. The van der Waals surface area contributed by atoms with Crippen LogP contribution in [-0.4, -0.2) is 23.3 Å². The minimum atomic E-state index is 0.935. The van der Waals surface area contributed by atoms with Crippen LogP contribution in [0, 0.1) is 0 Å². The number of hydrogen-bond donors (Lipinski definition) is 0. The van der Waals surface area contributed by atoms with Crippen molar-refractivity contribution in [2.45, 2.75) is 0 Å². The maximum atomic E-state index is 5.65. The van der Waals surface area contributed by atoms with Gasteiger partial charge in [0.1, 0.15) is 17.3 Å². The van der Waals surface area contributed by atoms with Crippen molar-refractivity contribution in [3.63, 3.8) is 0 Å². The molecule has 0 bridgehead atoms. The van der Waals surface area contributed by atoms with E-state index in [0.29, 0.717) is 0 Å². The lowest BCUT2D eigenvalue weighted by molar-refractivity contribution is 0.989. The average Bonchev–Trinajstić information content (AvgIpc) is 3.92. The topological polar surface area (TPSA) is 32.6 Å². The second kappa shape index (κ2) is 10.3. The molecule has 0 saturated carbocycles. The molecular weight excluding hydrogens is 611 g/mol. The number of rotatable bonds is 4. The molecule has 0 unspecified atom stereocenters. The molecule has 0 fully saturated rings. The van der Waals surface area contributed by atoms with Gasteiger partial charge in [-0.3, -0.25) is 18.3 Å². The maximum Gasteiger partial charge on any atom is 0.147 e. The van der Waals surface area contributed by atoms with Gasteiger partial charge in [0, 0.05) is 38.3 Å². The number of nitrogens with zero attached hydrogens (tertiary/aromatic N) is 5. The summed E-state index contributed by atoms with van der Waals surface area (Å²) in [5, 5.41) is 5.78. The third-order valence-electron chi connectivity index (χ3n) is 10.1. The lowest BCUT2D eigenvalue weighted by Gasteiger charge is -2.14. The Bertz CT molecular complexity index is 2870. The Hall–Kier alpha value is -6.85. The zero-order valence-corrected chi connectivity index (χ0v) is 27.0. The molecule has 0 aliphatic carbocycles. The summed E-state index contributed by atoms with van der Waals surface area (Å²) < 4.78 is 9.48. The van der Waals surface area contributed by atoms with Crippen molar-refractivity contribution >= 4 is 65.7 Å². The zero-order chi connectivity index (χ0) is 32.8. The van der Waals surface area contributed by atoms with Crippen LogP contribution in [0.1, 0.15) is 0 Å².